The van der Waals surface area contributed by atoms with Gasteiger partial charge in [0, 0.05) is 16.5 Å². The normalized spacial score (nSPS) is 11.0. The lowest BCUT2D eigenvalue weighted by Gasteiger charge is -2.11. The number of unbranched alkanes of at least 4 members (excludes halogenated alkanes) is 14. The minimum Gasteiger partial charge on any atom is -0.493 e. The van der Waals surface area contributed by atoms with Crippen molar-refractivity contribution >= 4 is 34.0 Å². The average Bonchev–Trinajstić information content (AvgIpc) is 2.99. The quantitative estimate of drug-likeness (QED) is 0.0453. The number of rotatable bonds is 22. The number of ether oxygens (including phenoxy) is 3. The van der Waals surface area contributed by atoms with E-state index in [0.29, 0.717) is 34.8 Å². The van der Waals surface area contributed by atoms with Crippen LogP contribution in [0.25, 0.3) is 0 Å². The summed E-state index contributed by atoms with van der Waals surface area (Å²) in [6.07, 6.45) is 21.3. The molecule has 2 aromatic rings. The first-order chi connectivity index (χ1) is 20.5. The number of carbonyl (C=O) groups excluding carboxylic acids is 2. The fourth-order valence-corrected chi connectivity index (χ4v) is 5.10. The molecule has 2 aromatic carbocycles. The molecule has 0 bridgehead atoms. The third kappa shape index (κ3) is 14.3. The highest BCUT2D eigenvalue weighted by Gasteiger charge is 2.15. The molecule has 232 valence electrons. The minimum atomic E-state index is -0.551. The fraction of sp³-hybridized carbons (Fsp3) is 0.559. The van der Waals surface area contributed by atoms with E-state index in [1.807, 2.05) is 0 Å². The molecule has 42 heavy (non-hydrogen) atoms. The second-order valence-corrected chi connectivity index (χ2v) is 11.6. The number of hydrogen-bond donors (Lipinski definition) is 1. The van der Waals surface area contributed by atoms with Crippen molar-refractivity contribution in [2.24, 2.45) is 5.10 Å². The number of hydrogen-bond acceptors (Lipinski definition) is 6. The Kier molecular flexibility index (Phi) is 18.3. The van der Waals surface area contributed by atoms with Crippen LogP contribution in [0.2, 0.25) is 0 Å². The van der Waals surface area contributed by atoms with Gasteiger partial charge in [-0.15, -0.1) is 0 Å². The van der Waals surface area contributed by atoms with Crippen molar-refractivity contribution < 1.29 is 23.8 Å². The first kappa shape index (κ1) is 35.3. The van der Waals surface area contributed by atoms with Crippen LogP contribution < -0.4 is 19.6 Å². The van der Waals surface area contributed by atoms with Gasteiger partial charge in [-0.1, -0.05) is 113 Å². The van der Waals surface area contributed by atoms with Gasteiger partial charge in [-0.2, -0.15) is 5.10 Å². The molecule has 1 N–H and O–H groups in total. The van der Waals surface area contributed by atoms with E-state index in [9.17, 15) is 9.59 Å². The van der Waals surface area contributed by atoms with Crippen LogP contribution >= 0.6 is 15.9 Å². The highest BCUT2D eigenvalue weighted by Crippen LogP contribution is 2.29. The number of halogens is 1. The molecule has 0 spiro atoms. The van der Waals surface area contributed by atoms with Crippen LogP contribution in [0.1, 0.15) is 126 Å². The molecule has 0 saturated carbocycles. The predicted molar refractivity (Wildman–Crippen MR) is 174 cm³/mol. The molecule has 7 nitrogen and oxygen atoms in total. The van der Waals surface area contributed by atoms with Gasteiger partial charge in [0.25, 0.3) is 0 Å². The van der Waals surface area contributed by atoms with Gasteiger partial charge in [0.05, 0.1) is 26.0 Å². The molecule has 0 aliphatic rings. The Bertz CT molecular complexity index is 1110. The molecule has 8 heteroatoms. The number of amides is 1. The molecule has 0 aromatic heterocycles. The second kappa shape index (κ2) is 21.8. The molecule has 0 unspecified atom stereocenters. The molecule has 0 fully saturated rings. The highest BCUT2D eigenvalue weighted by molar-refractivity contribution is 9.10. The van der Waals surface area contributed by atoms with Gasteiger partial charge in [0.2, 0.25) is 5.91 Å². The van der Waals surface area contributed by atoms with Crippen LogP contribution in [0, 0.1) is 0 Å². The van der Waals surface area contributed by atoms with Crippen molar-refractivity contribution in [3.05, 3.63) is 52.0 Å². The summed E-state index contributed by atoms with van der Waals surface area (Å²) >= 11 is 3.43. The maximum absolute atomic E-state index is 12.8. The zero-order chi connectivity index (χ0) is 30.4. The Morgan fingerprint density at radius 3 is 1.86 bits per heavy atom. The summed E-state index contributed by atoms with van der Waals surface area (Å²) in [6, 6.07) is 10.0. The number of nitrogens with zero attached hydrogens (tertiary/aromatic N) is 1. The first-order valence-corrected chi connectivity index (χ1v) is 16.3. The van der Waals surface area contributed by atoms with Crippen LogP contribution in [0.4, 0.5) is 0 Å². The zero-order valence-corrected chi connectivity index (χ0v) is 27.3. The standard InChI is InChI=1S/C34H49BrN2O5/c1-4-5-6-7-8-9-10-11-12-13-14-15-16-17-18-19-33(38)37-36-26-28-24-29(35)21-23-30(28)42-34(39)27-20-22-31(40-2)32(25-27)41-3/h20-26H,4-19H2,1-3H3,(H,37,38). The summed E-state index contributed by atoms with van der Waals surface area (Å²) in [5, 5.41) is 4.09. The van der Waals surface area contributed by atoms with Crippen molar-refractivity contribution in [3.63, 3.8) is 0 Å². The summed E-state index contributed by atoms with van der Waals surface area (Å²) in [5.41, 5.74) is 3.45. The number of benzene rings is 2. The molecule has 2 rings (SSSR count). The van der Waals surface area contributed by atoms with E-state index in [1.165, 1.54) is 104 Å². The number of carbonyl (C=O) groups is 2. The summed E-state index contributed by atoms with van der Waals surface area (Å²) in [4.78, 5) is 25.0. The number of methoxy groups -OCH3 is 2. The fourth-order valence-electron chi connectivity index (χ4n) is 4.72. The van der Waals surface area contributed by atoms with E-state index in [0.717, 1.165) is 17.3 Å². The Morgan fingerprint density at radius 2 is 1.29 bits per heavy atom. The van der Waals surface area contributed by atoms with Gasteiger partial charge < -0.3 is 14.2 Å². The third-order valence-corrected chi connectivity index (χ3v) is 7.69. The topological polar surface area (TPSA) is 86.2 Å². The summed E-state index contributed by atoms with van der Waals surface area (Å²) in [5.74, 6) is 0.593. The van der Waals surface area contributed by atoms with Gasteiger partial charge in [-0.3, -0.25) is 4.79 Å². The van der Waals surface area contributed by atoms with Crippen molar-refractivity contribution in [2.45, 2.75) is 110 Å². The highest BCUT2D eigenvalue weighted by atomic mass is 79.9. The molecular formula is C34H49BrN2O5. The largest absolute Gasteiger partial charge is 0.493 e. The summed E-state index contributed by atoms with van der Waals surface area (Å²) < 4.78 is 16.9. The van der Waals surface area contributed by atoms with E-state index in [1.54, 1.807) is 36.4 Å². The third-order valence-electron chi connectivity index (χ3n) is 7.19. The zero-order valence-electron chi connectivity index (χ0n) is 25.7. The van der Waals surface area contributed by atoms with Gasteiger partial charge >= 0.3 is 5.97 Å². The molecule has 0 heterocycles. The molecule has 0 aliphatic heterocycles. The van der Waals surface area contributed by atoms with Crippen LogP contribution in [0.3, 0.4) is 0 Å². The lowest BCUT2D eigenvalue weighted by molar-refractivity contribution is -0.121. The van der Waals surface area contributed by atoms with Crippen molar-refractivity contribution in [1.29, 1.82) is 0 Å². The molecule has 0 saturated heterocycles. The van der Waals surface area contributed by atoms with Crippen LogP contribution in [0.5, 0.6) is 17.2 Å². The van der Waals surface area contributed by atoms with Crippen molar-refractivity contribution in [3.8, 4) is 17.2 Å². The maximum Gasteiger partial charge on any atom is 0.343 e. The number of hydrazone groups is 1. The molecular weight excluding hydrogens is 596 g/mol. The van der Waals surface area contributed by atoms with Crippen LogP contribution in [-0.2, 0) is 4.79 Å². The monoisotopic (exact) mass is 644 g/mol. The number of esters is 1. The molecule has 0 atom stereocenters. The minimum absolute atomic E-state index is 0.125. The van der Waals surface area contributed by atoms with Gasteiger partial charge in [-0.05, 0) is 42.8 Å². The number of nitrogens with one attached hydrogen (secondary N) is 1. The predicted octanol–water partition coefficient (Wildman–Crippen LogP) is 9.40. The molecule has 1 amide bonds. The Morgan fingerprint density at radius 1 is 0.738 bits per heavy atom. The van der Waals surface area contributed by atoms with E-state index in [-0.39, 0.29) is 5.91 Å². The van der Waals surface area contributed by atoms with Crippen molar-refractivity contribution in [1.82, 2.24) is 5.43 Å². The van der Waals surface area contributed by atoms with E-state index < -0.39 is 5.97 Å². The van der Waals surface area contributed by atoms with Crippen LogP contribution in [-0.4, -0.2) is 32.3 Å². The van der Waals surface area contributed by atoms with Gasteiger partial charge in [0.1, 0.15) is 5.75 Å². The molecule has 0 aliphatic carbocycles. The average molecular weight is 646 g/mol. The Labute approximate surface area is 260 Å². The van der Waals surface area contributed by atoms with Gasteiger partial charge in [0.15, 0.2) is 11.5 Å². The molecule has 0 radical (unpaired) electrons. The van der Waals surface area contributed by atoms with Crippen LogP contribution in [0.15, 0.2) is 46.0 Å². The SMILES string of the molecule is CCCCCCCCCCCCCCCCCC(=O)NN=Cc1cc(Br)ccc1OC(=O)c1ccc(OC)c(OC)c1. The lowest BCUT2D eigenvalue weighted by atomic mass is 10.0. The van der Waals surface area contributed by atoms with E-state index in [4.69, 9.17) is 14.2 Å². The van der Waals surface area contributed by atoms with E-state index in [2.05, 4.69) is 33.4 Å². The van der Waals surface area contributed by atoms with Gasteiger partial charge in [-0.25, -0.2) is 10.2 Å². The Hall–Kier alpha value is -2.87. The first-order valence-electron chi connectivity index (χ1n) is 15.5. The van der Waals surface area contributed by atoms with Crippen molar-refractivity contribution in [2.75, 3.05) is 14.2 Å². The smallest absolute Gasteiger partial charge is 0.343 e. The maximum atomic E-state index is 12.8. The lowest BCUT2D eigenvalue weighted by Crippen LogP contribution is -2.17. The summed E-state index contributed by atoms with van der Waals surface area (Å²) in [6.45, 7) is 2.27. The summed E-state index contributed by atoms with van der Waals surface area (Å²) in [7, 11) is 3.03. The Balaban J connectivity index is 1.64. The van der Waals surface area contributed by atoms with E-state index >= 15 is 0 Å². The second-order valence-electron chi connectivity index (χ2n) is 10.6.